The normalized spacial score (nSPS) is 26.1. The van der Waals surface area contributed by atoms with Gasteiger partial charge in [-0.2, -0.15) is 0 Å². The van der Waals surface area contributed by atoms with Crippen molar-refractivity contribution in [2.24, 2.45) is 11.8 Å². The monoisotopic (exact) mass is 316 g/mol. The van der Waals surface area contributed by atoms with E-state index >= 15 is 0 Å². The summed E-state index contributed by atoms with van der Waals surface area (Å²) in [7, 11) is 0. The number of benzene rings is 1. The fourth-order valence-electron chi connectivity index (χ4n) is 3.54. The number of hydrogen-bond donors (Lipinski definition) is 1. The molecule has 0 spiro atoms. The molecule has 0 bridgehead atoms. The van der Waals surface area contributed by atoms with Crippen molar-refractivity contribution in [2.45, 2.75) is 52.8 Å². The third kappa shape index (κ3) is 3.52. The van der Waals surface area contributed by atoms with Gasteiger partial charge in [-0.3, -0.25) is 0 Å². The van der Waals surface area contributed by atoms with Gasteiger partial charge in [-0.05, 0) is 63.1 Å². The summed E-state index contributed by atoms with van der Waals surface area (Å²) in [6.07, 6.45) is -0.169. The lowest BCUT2D eigenvalue weighted by Gasteiger charge is -2.26. The van der Waals surface area contributed by atoms with Crippen LogP contribution in [-0.4, -0.2) is 35.7 Å². The molecule has 1 N–H and O–H groups in total. The molecule has 23 heavy (non-hydrogen) atoms. The molecule has 4 heteroatoms. The van der Waals surface area contributed by atoms with Crippen molar-refractivity contribution < 1.29 is 9.53 Å². The lowest BCUT2D eigenvalue weighted by Crippen LogP contribution is -2.39. The molecule has 2 atom stereocenters. The van der Waals surface area contributed by atoms with Crippen LogP contribution in [0.4, 0.5) is 4.79 Å². The van der Waals surface area contributed by atoms with E-state index in [1.54, 1.807) is 0 Å². The topological polar surface area (TPSA) is 41.6 Å². The average molecular weight is 316 g/mol. The highest BCUT2D eigenvalue weighted by Crippen LogP contribution is 2.46. The molecule has 3 rings (SSSR count). The van der Waals surface area contributed by atoms with Crippen LogP contribution in [0.1, 0.15) is 37.5 Å². The van der Waals surface area contributed by atoms with E-state index in [2.05, 4.69) is 37.4 Å². The number of rotatable bonds is 3. The minimum absolute atomic E-state index is 0.169. The van der Waals surface area contributed by atoms with E-state index in [1.165, 1.54) is 16.7 Å². The van der Waals surface area contributed by atoms with E-state index in [0.717, 1.165) is 19.6 Å². The first kappa shape index (κ1) is 16.3. The number of hydrogen-bond acceptors (Lipinski definition) is 3. The molecule has 1 saturated carbocycles. The van der Waals surface area contributed by atoms with Crippen molar-refractivity contribution in [1.29, 1.82) is 0 Å². The van der Waals surface area contributed by atoms with Gasteiger partial charge in [0.05, 0.1) is 0 Å². The molecule has 2 unspecified atom stereocenters. The lowest BCUT2D eigenvalue weighted by atomic mass is 10.0. The number of likely N-dealkylation sites (tertiary alicyclic amines) is 1. The summed E-state index contributed by atoms with van der Waals surface area (Å²) in [5, 5.41) is 3.67. The van der Waals surface area contributed by atoms with Crippen LogP contribution in [0.2, 0.25) is 0 Å². The standard InChI is InChI=1S/C19H28N2O2/c1-12-7-6-8-14(13(12)2)9-20-17-15-10-21(11-16(15)17)18(22)23-19(3,4)5/h6-8,15-17,20H,9-11H2,1-5H3. The van der Waals surface area contributed by atoms with E-state index in [9.17, 15) is 4.79 Å². The summed E-state index contributed by atoms with van der Waals surface area (Å²) in [5.74, 6) is 1.18. The molecule has 4 nitrogen and oxygen atoms in total. The van der Waals surface area contributed by atoms with Gasteiger partial charge in [0.1, 0.15) is 5.60 Å². The van der Waals surface area contributed by atoms with E-state index in [-0.39, 0.29) is 6.09 Å². The van der Waals surface area contributed by atoms with Crippen LogP contribution in [-0.2, 0) is 11.3 Å². The first-order valence-corrected chi connectivity index (χ1v) is 8.52. The Morgan fingerprint density at radius 3 is 2.52 bits per heavy atom. The van der Waals surface area contributed by atoms with Crippen LogP contribution >= 0.6 is 0 Å². The molecule has 2 aliphatic rings. The molecule has 0 radical (unpaired) electrons. The zero-order chi connectivity index (χ0) is 16.8. The predicted molar refractivity (Wildman–Crippen MR) is 91.3 cm³/mol. The molecule has 126 valence electrons. The van der Waals surface area contributed by atoms with Gasteiger partial charge >= 0.3 is 6.09 Å². The van der Waals surface area contributed by atoms with Gasteiger partial charge in [0.15, 0.2) is 0 Å². The van der Waals surface area contributed by atoms with Crippen LogP contribution < -0.4 is 5.32 Å². The Labute approximate surface area is 139 Å². The third-order valence-electron chi connectivity index (χ3n) is 5.09. The van der Waals surface area contributed by atoms with Crippen LogP contribution in [0, 0.1) is 25.7 Å². The zero-order valence-electron chi connectivity index (χ0n) is 14.8. The first-order chi connectivity index (χ1) is 10.8. The number of carbonyl (C=O) groups excluding carboxylic acids is 1. The van der Waals surface area contributed by atoms with Crippen molar-refractivity contribution >= 4 is 6.09 Å². The van der Waals surface area contributed by atoms with E-state index in [4.69, 9.17) is 4.74 Å². The molecule has 1 aromatic carbocycles. The number of carbonyl (C=O) groups is 1. The van der Waals surface area contributed by atoms with Gasteiger partial charge in [0.2, 0.25) is 0 Å². The molecule has 1 saturated heterocycles. The molecule has 1 heterocycles. The average Bonchev–Trinajstić information content (AvgIpc) is 2.90. The van der Waals surface area contributed by atoms with Gasteiger partial charge in [-0.25, -0.2) is 4.79 Å². The fourth-order valence-corrected chi connectivity index (χ4v) is 3.54. The summed E-state index contributed by atoms with van der Waals surface area (Å²) in [6, 6.07) is 7.02. The largest absolute Gasteiger partial charge is 0.444 e. The number of piperidine rings is 1. The van der Waals surface area contributed by atoms with Gasteiger partial charge in [-0.1, -0.05) is 18.2 Å². The Balaban J connectivity index is 1.47. The van der Waals surface area contributed by atoms with Crippen molar-refractivity contribution in [3.63, 3.8) is 0 Å². The molecular formula is C19H28N2O2. The van der Waals surface area contributed by atoms with Crippen LogP contribution in [0.5, 0.6) is 0 Å². The van der Waals surface area contributed by atoms with Crippen molar-refractivity contribution in [2.75, 3.05) is 13.1 Å². The molecule has 1 aliphatic carbocycles. The maximum Gasteiger partial charge on any atom is 0.410 e. The number of fused-ring (bicyclic) bond motifs is 1. The maximum absolute atomic E-state index is 12.1. The van der Waals surface area contributed by atoms with Crippen LogP contribution in [0.15, 0.2) is 18.2 Å². The summed E-state index contributed by atoms with van der Waals surface area (Å²) in [5.41, 5.74) is 3.68. The van der Waals surface area contributed by atoms with Gasteiger partial charge in [0.25, 0.3) is 0 Å². The van der Waals surface area contributed by atoms with Crippen molar-refractivity contribution in [3.05, 3.63) is 34.9 Å². The van der Waals surface area contributed by atoms with Crippen LogP contribution in [0.25, 0.3) is 0 Å². The van der Waals surface area contributed by atoms with E-state index in [0.29, 0.717) is 17.9 Å². The smallest absolute Gasteiger partial charge is 0.410 e. The summed E-state index contributed by atoms with van der Waals surface area (Å²) >= 11 is 0. The van der Waals surface area contributed by atoms with Crippen molar-refractivity contribution in [3.8, 4) is 0 Å². The van der Waals surface area contributed by atoms with E-state index < -0.39 is 5.60 Å². The quantitative estimate of drug-likeness (QED) is 0.930. The molecule has 1 aromatic rings. The summed E-state index contributed by atoms with van der Waals surface area (Å²) in [4.78, 5) is 13.9. The Kier molecular flexibility index (Phi) is 4.13. The highest BCUT2D eigenvalue weighted by atomic mass is 16.6. The Morgan fingerprint density at radius 1 is 1.26 bits per heavy atom. The molecule has 0 aromatic heterocycles. The lowest BCUT2D eigenvalue weighted by molar-refractivity contribution is 0.0269. The SMILES string of the molecule is Cc1cccc(CNC2C3CN(C(=O)OC(C)(C)C)CC32)c1C. The number of nitrogens with zero attached hydrogens (tertiary/aromatic N) is 1. The second kappa shape index (κ2) is 5.82. The molecule has 1 amide bonds. The number of ether oxygens (including phenoxy) is 1. The van der Waals surface area contributed by atoms with Crippen LogP contribution in [0.3, 0.4) is 0 Å². The Hall–Kier alpha value is -1.55. The van der Waals surface area contributed by atoms with Gasteiger partial charge < -0.3 is 15.0 Å². The Morgan fingerprint density at radius 2 is 1.91 bits per heavy atom. The number of amides is 1. The third-order valence-corrected chi connectivity index (χ3v) is 5.09. The molecule has 2 fully saturated rings. The molecule has 1 aliphatic heterocycles. The van der Waals surface area contributed by atoms with Crippen molar-refractivity contribution in [1.82, 2.24) is 10.2 Å². The minimum atomic E-state index is -0.412. The van der Waals surface area contributed by atoms with Gasteiger partial charge in [-0.15, -0.1) is 0 Å². The number of aryl methyl sites for hydroxylation is 1. The fraction of sp³-hybridized carbons (Fsp3) is 0.632. The number of nitrogens with one attached hydrogen (secondary N) is 1. The minimum Gasteiger partial charge on any atom is -0.444 e. The summed E-state index contributed by atoms with van der Waals surface area (Å²) < 4.78 is 5.45. The first-order valence-electron chi connectivity index (χ1n) is 8.52. The van der Waals surface area contributed by atoms with E-state index in [1.807, 2.05) is 25.7 Å². The summed E-state index contributed by atoms with van der Waals surface area (Å²) in [6.45, 7) is 12.6. The highest BCUT2D eigenvalue weighted by molar-refractivity contribution is 5.69. The second-order valence-electron chi connectivity index (χ2n) is 7.98. The second-order valence-corrected chi connectivity index (χ2v) is 7.98. The molecular weight excluding hydrogens is 288 g/mol. The highest BCUT2D eigenvalue weighted by Gasteiger charge is 2.56. The Bertz CT molecular complexity index is 594. The zero-order valence-corrected chi connectivity index (χ0v) is 14.8. The maximum atomic E-state index is 12.1. The van der Waals surface area contributed by atoms with Gasteiger partial charge in [0, 0.05) is 25.7 Å². The predicted octanol–water partition coefficient (Wildman–Crippen LogP) is 3.26.